The first kappa shape index (κ1) is 39.9. The minimum absolute atomic E-state index is 0. The van der Waals surface area contributed by atoms with Crippen LogP contribution in [0.3, 0.4) is 0 Å². The number of thiophene rings is 2. The minimum Gasteiger partial charge on any atom is -1.00 e. The van der Waals surface area contributed by atoms with Crippen LogP contribution in [-0.2, 0) is 36.1 Å². The summed E-state index contributed by atoms with van der Waals surface area (Å²) in [5.41, 5.74) is 17.4. The maximum absolute atomic E-state index is 2.58. The maximum Gasteiger partial charge on any atom is -1.00 e. The molecule has 8 rings (SSSR count). The Morgan fingerprint density at radius 1 is 0.509 bits per heavy atom. The van der Waals surface area contributed by atoms with Crippen LogP contribution in [0, 0.1) is 13.8 Å². The zero-order chi connectivity index (χ0) is 34.9. The van der Waals surface area contributed by atoms with Crippen molar-refractivity contribution in [3.05, 3.63) is 162 Å². The summed E-state index contributed by atoms with van der Waals surface area (Å²) in [6, 6.07) is 42.5. The van der Waals surface area contributed by atoms with Gasteiger partial charge in [-0.15, -0.1) is 0 Å². The van der Waals surface area contributed by atoms with Crippen LogP contribution in [0.5, 0.6) is 0 Å². The van der Waals surface area contributed by atoms with Crippen molar-refractivity contribution >= 4 is 46.0 Å². The standard InChI is InChI=1S/2C24H23S.2ClH.Zr/c2*1-3-4-6-18-10-12-19(13-11-18)22-8-5-7-20-15-21(16-23(20)22)24-14-9-17(2)25-24;;;/h2*5,7-16H,3-4,6H2,1-2H3;2*1H;/q;;;;+2/p-2. The van der Waals surface area contributed by atoms with Crippen molar-refractivity contribution in [2.24, 2.45) is 0 Å². The van der Waals surface area contributed by atoms with Gasteiger partial charge >= 0.3 is 327 Å². The normalized spacial score (nSPS) is 15.5. The molecule has 268 valence electrons. The third-order valence-electron chi connectivity index (χ3n) is 10.7. The van der Waals surface area contributed by atoms with Gasteiger partial charge in [0.05, 0.1) is 0 Å². The van der Waals surface area contributed by atoms with E-state index in [-0.39, 0.29) is 24.8 Å². The van der Waals surface area contributed by atoms with Crippen LogP contribution >= 0.6 is 22.7 Å². The first-order valence-electron chi connectivity index (χ1n) is 18.8. The monoisotopic (exact) mass is 846 g/mol. The van der Waals surface area contributed by atoms with Crippen molar-refractivity contribution in [1.29, 1.82) is 0 Å². The molecule has 2 heterocycles. The molecule has 0 nitrogen and oxygen atoms in total. The van der Waals surface area contributed by atoms with Gasteiger partial charge in [0.25, 0.3) is 0 Å². The Labute approximate surface area is 348 Å². The van der Waals surface area contributed by atoms with Gasteiger partial charge in [-0.05, 0) is 0 Å². The smallest absolute Gasteiger partial charge is 1.00 e. The van der Waals surface area contributed by atoms with Gasteiger partial charge in [0.1, 0.15) is 0 Å². The van der Waals surface area contributed by atoms with E-state index in [1.165, 1.54) is 89.7 Å². The van der Waals surface area contributed by atoms with Crippen LogP contribution in [-0.4, -0.2) is 0 Å². The van der Waals surface area contributed by atoms with Gasteiger partial charge in [0.15, 0.2) is 0 Å². The van der Waals surface area contributed by atoms with Crippen LogP contribution in [0.2, 0.25) is 0 Å². The molecular formula is C48H46Cl2S2Zr. The van der Waals surface area contributed by atoms with Gasteiger partial charge in [-0.25, -0.2) is 0 Å². The molecule has 0 N–H and O–H groups in total. The van der Waals surface area contributed by atoms with Crippen LogP contribution in [0.1, 0.15) is 99.7 Å². The zero-order valence-electron chi connectivity index (χ0n) is 31.0. The van der Waals surface area contributed by atoms with Crippen molar-refractivity contribution in [2.45, 2.75) is 73.5 Å². The molecule has 53 heavy (non-hydrogen) atoms. The molecule has 6 aromatic rings. The molecule has 0 saturated heterocycles. The number of halogens is 2. The fourth-order valence-corrected chi connectivity index (χ4v) is 15.2. The Morgan fingerprint density at radius 2 is 0.925 bits per heavy atom. The maximum atomic E-state index is 2.58. The number of unbranched alkanes of at least 4 members (excludes halogenated alkanes) is 2. The molecule has 0 radical (unpaired) electrons. The van der Waals surface area contributed by atoms with E-state index in [1.807, 2.05) is 22.7 Å². The van der Waals surface area contributed by atoms with E-state index in [0.717, 1.165) is 12.8 Å². The molecule has 5 heteroatoms. The fraction of sp³-hybridized carbons (Fsp3) is 0.250. The van der Waals surface area contributed by atoms with E-state index in [4.69, 9.17) is 0 Å². The summed E-state index contributed by atoms with van der Waals surface area (Å²) >= 11 is 2.76. The van der Waals surface area contributed by atoms with E-state index in [0.29, 0.717) is 7.25 Å². The summed E-state index contributed by atoms with van der Waals surface area (Å²) in [7, 11) is 0. The number of allylic oxidation sites excluding steroid dienone is 2. The molecule has 0 aliphatic heterocycles. The van der Waals surface area contributed by atoms with Gasteiger partial charge in [0.2, 0.25) is 0 Å². The number of hydrogen-bond acceptors (Lipinski definition) is 2. The second-order valence-corrected chi connectivity index (χ2v) is 20.5. The molecule has 2 atom stereocenters. The average Bonchev–Trinajstić information content (AvgIpc) is 3.96. The molecule has 0 saturated carbocycles. The summed E-state index contributed by atoms with van der Waals surface area (Å²) in [5.74, 6) is 0. The fourth-order valence-electron chi connectivity index (χ4n) is 7.90. The van der Waals surface area contributed by atoms with E-state index in [1.54, 1.807) is 22.3 Å². The Morgan fingerprint density at radius 3 is 1.28 bits per heavy atom. The summed E-state index contributed by atoms with van der Waals surface area (Å²) in [4.78, 5) is 5.67. The van der Waals surface area contributed by atoms with E-state index >= 15 is 0 Å². The SMILES string of the molecule is CCCCc1ccc(-c2cccc3c2C=C(c2ccc(C)s2)[CH]3[Zr+2][CH]2C(c3ccc(C)s3)=Cc3c(-c4ccc(CCCC)cc4)cccc32)cc1.[Cl-].[Cl-]. The number of aryl methyl sites for hydroxylation is 4. The Balaban J connectivity index is 0.00000240. The summed E-state index contributed by atoms with van der Waals surface area (Å²) in [5, 5.41) is 0. The van der Waals surface area contributed by atoms with E-state index in [9.17, 15) is 0 Å². The van der Waals surface area contributed by atoms with Crippen molar-refractivity contribution in [3.63, 3.8) is 0 Å². The summed E-state index contributed by atoms with van der Waals surface area (Å²) in [6.45, 7) is 9.06. The predicted octanol–water partition coefficient (Wildman–Crippen LogP) is 8.43. The van der Waals surface area contributed by atoms with Crippen LogP contribution in [0.25, 0.3) is 45.6 Å². The Hall–Kier alpha value is -2.78. The minimum atomic E-state index is -1.17. The van der Waals surface area contributed by atoms with Gasteiger partial charge in [-0.2, -0.15) is 0 Å². The topological polar surface area (TPSA) is 0 Å². The van der Waals surface area contributed by atoms with E-state index < -0.39 is 23.2 Å². The molecule has 4 aromatic carbocycles. The van der Waals surface area contributed by atoms with Crippen molar-refractivity contribution in [2.75, 3.05) is 0 Å². The summed E-state index contributed by atoms with van der Waals surface area (Å²) < 4.78 is 0.958. The molecule has 0 bridgehead atoms. The molecule has 0 fully saturated rings. The number of fused-ring (bicyclic) bond motifs is 2. The predicted molar refractivity (Wildman–Crippen MR) is 220 cm³/mol. The third-order valence-corrected chi connectivity index (χ3v) is 17.5. The van der Waals surface area contributed by atoms with Crippen molar-refractivity contribution < 1.29 is 48.0 Å². The zero-order valence-corrected chi connectivity index (χ0v) is 36.6. The molecule has 0 spiro atoms. The van der Waals surface area contributed by atoms with Gasteiger partial charge < -0.3 is 24.8 Å². The first-order chi connectivity index (χ1) is 25.0. The second-order valence-electron chi connectivity index (χ2n) is 14.3. The van der Waals surface area contributed by atoms with Crippen LogP contribution < -0.4 is 24.8 Å². The molecular weight excluding hydrogens is 803 g/mol. The third kappa shape index (κ3) is 8.27. The Bertz CT molecular complexity index is 2080. The van der Waals surface area contributed by atoms with Gasteiger partial charge in [-0.3, -0.25) is 0 Å². The molecule has 2 unspecified atom stereocenters. The van der Waals surface area contributed by atoms with Crippen LogP contribution in [0.15, 0.2) is 109 Å². The summed E-state index contributed by atoms with van der Waals surface area (Å²) in [6.07, 6.45) is 12.4. The van der Waals surface area contributed by atoms with Gasteiger partial charge in [-0.1, -0.05) is 0 Å². The van der Waals surface area contributed by atoms with Crippen molar-refractivity contribution in [3.8, 4) is 22.3 Å². The number of rotatable bonds is 12. The molecule has 2 aromatic heterocycles. The Kier molecular flexibility index (Phi) is 13.4. The van der Waals surface area contributed by atoms with E-state index in [2.05, 4.69) is 149 Å². The molecule has 2 aliphatic rings. The van der Waals surface area contributed by atoms with Gasteiger partial charge in [0, 0.05) is 0 Å². The molecule has 0 amide bonds. The molecule has 2 aliphatic carbocycles. The van der Waals surface area contributed by atoms with Crippen molar-refractivity contribution in [1.82, 2.24) is 0 Å². The quantitative estimate of drug-likeness (QED) is 0.116. The largest absolute Gasteiger partial charge is 1.00 e. The second kappa shape index (κ2) is 17.8. The average molecular weight is 849 g/mol. The first-order valence-corrected chi connectivity index (χ1v) is 23.2. The van der Waals surface area contributed by atoms with Crippen LogP contribution in [0.4, 0.5) is 0 Å². The number of benzene rings is 4. The number of hydrogen-bond donors (Lipinski definition) is 0.